The number of rotatable bonds is 4. The fraction of sp³-hybridized carbons (Fsp3) is 0. The van der Waals surface area contributed by atoms with Crippen LogP contribution in [-0.2, 0) is 0 Å². The monoisotopic (exact) mass is 302 g/mol. The highest BCUT2D eigenvalue weighted by atomic mass is 16.5. The maximum absolute atomic E-state index is 10.7. The number of carboxylic acids is 2. The van der Waals surface area contributed by atoms with E-state index in [0.717, 1.165) is 0 Å². The number of nitrogens with zero attached hydrogens (tertiary/aromatic N) is 4. The summed E-state index contributed by atoms with van der Waals surface area (Å²) in [5.74, 6) is -3.56. The molecule has 0 saturated carbocycles. The SMILES string of the molecule is O=C(O)c1noc(-c2cccc(-c3nc(C(=O)O)no3)c2)n1. The number of carbonyl (C=O) groups is 2. The molecule has 2 aromatic heterocycles. The summed E-state index contributed by atoms with van der Waals surface area (Å²) >= 11 is 0. The second-order valence-electron chi connectivity index (χ2n) is 4.04. The van der Waals surface area contributed by atoms with Crippen molar-refractivity contribution in [2.45, 2.75) is 0 Å². The lowest BCUT2D eigenvalue weighted by molar-refractivity contribution is 0.0669. The molecule has 1 aromatic carbocycles. The number of hydrogen-bond acceptors (Lipinski definition) is 8. The number of aromatic nitrogens is 4. The Morgan fingerprint density at radius 3 is 1.68 bits per heavy atom. The molecule has 3 aromatic rings. The summed E-state index contributed by atoms with van der Waals surface area (Å²) in [4.78, 5) is 28.9. The Bertz CT molecular complexity index is 800. The van der Waals surface area contributed by atoms with Crippen LogP contribution in [0.4, 0.5) is 0 Å². The molecule has 10 heteroatoms. The van der Waals surface area contributed by atoms with Gasteiger partial charge in [-0.05, 0) is 28.5 Å². The molecule has 3 rings (SSSR count). The lowest BCUT2D eigenvalue weighted by Crippen LogP contribution is -1.98. The second-order valence-corrected chi connectivity index (χ2v) is 4.04. The molecule has 0 fully saturated rings. The first kappa shape index (κ1) is 13.4. The van der Waals surface area contributed by atoms with Crippen LogP contribution < -0.4 is 0 Å². The van der Waals surface area contributed by atoms with Crippen LogP contribution in [0.25, 0.3) is 22.9 Å². The molecule has 0 atom stereocenters. The Labute approximate surface area is 121 Å². The van der Waals surface area contributed by atoms with E-state index in [2.05, 4.69) is 20.3 Å². The highest BCUT2D eigenvalue weighted by molar-refractivity contribution is 5.84. The van der Waals surface area contributed by atoms with Gasteiger partial charge in [0.15, 0.2) is 0 Å². The molecule has 110 valence electrons. The Morgan fingerprint density at radius 1 is 0.864 bits per heavy atom. The number of aromatic carboxylic acids is 2. The zero-order chi connectivity index (χ0) is 15.7. The van der Waals surface area contributed by atoms with E-state index >= 15 is 0 Å². The molecule has 0 spiro atoms. The van der Waals surface area contributed by atoms with Crippen molar-refractivity contribution in [1.29, 1.82) is 0 Å². The largest absolute Gasteiger partial charge is 0.475 e. The van der Waals surface area contributed by atoms with E-state index in [1.54, 1.807) is 18.2 Å². The first-order valence-electron chi connectivity index (χ1n) is 5.79. The standard InChI is InChI=1S/C12H6N4O6/c17-11(18)7-13-9(21-15-7)5-2-1-3-6(4-5)10-14-8(12(19)20)16-22-10/h1-4H,(H,17,18)(H,19,20). The lowest BCUT2D eigenvalue weighted by atomic mass is 10.1. The zero-order valence-electron chi connectivity index (χ0n) is 10.6. The highest BCUT2D eigenvalue weighted by Gasteiger charge is 2.17. The first-order valence-corrected chi connectivity index (χ1v) is 5.79. The summed E-state index contributed by atoms with van der Waals surface area (Å²) in [5.41, 5.74) is 0.847. The number of benzene rings is 1. The summed E-state index contributed by atoms with van der Waals surface area (Å²) < 4.78 is 9.69. The Balaban J connectivity index is 1.97. The first-order chi connectivity index (χ1) is 10.5. The van der Waals surface area contributed by atoms with Gasteiger partial charge in [-0.25, -0.2) is 9.59 Å². The van der Waals surface area contributed by atoms with E-state index in [0.29, 0.717) is 11.1 Å². The molecular formula is C12H6N4O6. The van der Waals surface area contributed by atoms with E-state index in [-0.39, 0.29) is 11.8 Å². The molecule has 10 nitrogen and oxygen atoms in total. The summed E-state index contributed by atoms with van der Waals surface area (Å²) in [5, 5.41) is 24.1. The predicted molar refractivity (Wildman–Crippen MR) is 66.9 cm³/mol. The van der Waals surface area contributed by atoms with Gasteiger partial charge in [0.05, 0.1) is 0 Å². The molecule has 2 heterocycles. The van der Waals surface area contributed by atoms with Crippen LogP contribution in [0, 0.1) is 0 Å². The van der Waals surface area contributed by atoms with E-state index in [1.807, 2.05) is 0 Å². The van der Waals surface area contributed by atoms with Crippen molar-refractivity contribution in [2.24, 2.45) is 0 Å². The second kappa shape index (κ2) is 5.09. The smallest absolute Gasteiger partial charge is 0.377 e. The Hall–Kier alpha value is -3.56. The van der Waals surface area contributed by atoms with Gasteiger partial charge >= 0.3 is 11.9 Å². The molecule has 0 bridgehead atoms. The van der Waals surface area contributed by atoms with Crippen LogP contribution in [0.1, 0.15) is 21.2 Å². The topological polar surface area (TPSA) is 152 Å². The molecule has 0 saturated heterocycles. The van der Waals surface area contributed by atoms with Crippen LogP contribution >= 0.6 is 0 Å². The summed E-state index contributed by atoms with van der Waals surface area (Å²) in [6.45, 7) is 0. The predicted octanol–water partition coefficient (Wildman–Crippen LogP) is 1.18. The van der Waals surface area contributed by atoms with Crippen molar-refractivity contribution < 1.29 is 28.8 Å². The number of carboxylic acid groups (broad SMARTS) is 2. The molecule has 0 aliphatic carbocycles. The maximum atomic E-state index is 10.7. The van der Waals surface area contributed by atoms with Gasteiger partial charge in [0.2, 0.25) is 0 Å². The third kappa shape index (κ3) is 2.40. The molecule has 2 N–H and O–H groups in total. The van der Waals surface area contributed by atoms with Gasteiger partial charge < -0.3 is 19.3 Å². The third-order valence-electron chi connectivity index (χ3n) is 2.59. The summed E-state index contributed by atoms with van der Waals surface area (Å²) in [7, 11) is 0. The average molecular weight is 302 g/mol. The van der Waals surface area contributed by atoms with Gasteiger partial charge in [0.25, 0.3) is 23.4 Å². The maximum Gasteiger partial charge on any atom is 0.377 e. The molecule has 22 heavy (non-hydrogen) atoms. The quantitative estimate of drug-likeness (QED) is 0.718. The van der Waals surface area contributed by atoms with Crippen molar-refractivity contribution in [3.05, 3.63) is 35.9 Å². The molecule has 0 unspecified atom stereocenters. The molecule has 0 aliphatic heterocycles. The molecule has 0 aliphatic rings. The summed E-state index contributed by atoms with van der Waals surface area (Å²) in [6, 6.07) is 6.35. The van der Waals surface area contributed by atoms with E-state index in [9.17, 15) is 9.59 Å². The normalized spacial score (nSPS) is 10.5. The fourth-order valence-corrected chi connectivity index (χ4v) is 1.64. The van der Waals surface area contributed by atoms with Crippen molar-refractivity contribution in [1.82, 2.24) is 20.3 Å². The fourth-order valence-electron chi connectivity index (χ4n) is 1.64. The van der Waals surface area contributed by atoms with E-state index in [4.69, 9.17) is 19.3 Å². The molecule has 0 radical (unpaired) electrons. The third-order valence-corrected chi connectivity index (χ3v) is 2.59. The Kier molecular flexibility index (Phi) is 3.10. The van der Waals surface area contributed by atoms with Crippen LogP contribution in [0.3, 0.4) is 0 Å². The average Bonchev–Trinajstić information content (AvgIpc) is 3.17. The van der Waals surface area contributed by atoms with Crippen LogP contribution in [0.2, 0.25) is 0 Å². The van der Waals surface area contributed by atoms with Crippen molar-refractivity contribution in [2.75, 3.05) is 0 Å². The van der Waals surface area contributed by atoms with Gasteiger partial charge in [-0.1, -0.05) is 6.07 Å². The summed E-state index contributed by atoms with van der Waals surface area (Å²) in [6.07, 6.45) is 0. The zero-order valence-corrected chi connectivity index (χ0v) is 10.6. The minimum atomic E-state index is -1.31. The van der Waals surface area contributed by atoms with Crippen LogP contribution in [0.5, 0.6) is 0 Å². The minimum Gasteiger partial charge on any atom is -0.475 e. The van der Waals surface area contributed by atoms with Crippen molar-refractivity contribution in [3.63, 3.8) is 0 Å². The van der Waals surface area contributed by atoms with Gasteiger partial charge in [-0.15, -0.1) is 0 Å². The van der Waals surface area contributed by atoms with Crippen LogP contribution in [-0.4, -0.2) is 42.4 Å². The molecule has 0 amide bonds. The van der Waals surface area contributed by atoms with Crippen molar-refractivity contribution >= 4 is 11.9 Å². The van der Waals surface area contributed by atoms with Gasteiger partial charge in [0.1, 0.15) is 0 Å². The van der Waals surface area contributed by atoms with Gasteiger partial charge in [-0.2, -0.15) is 9.97 Å². The number of hydrogen-bond donors (Lipinski definition) is 2. The lowest BCUT2D eigenvalue weighted by Gasteiger charge is -1.97. The van der Waals surface area contributed by atoms with Gasteiger partial charge in [0, 0.05) is 11.1 Å². The minimum absolute atomic E-state index is 0.00257. The Morgan fingerprint density at radius 2 is 1.32 bits per heavy atom. The highest BCUT2D eigenvalue weighted by Crippen LogP contribution is 2.24. The van der Waals surface area contributed by atoms with Crippen LogP contribution in [0.15, 0.2) is 33.3 Å². The van der Waals surface area contributed by atoms with Gasteiger partial charge in [-0.3, -0.25) is 0 Å². The molecular weight excluding hydrogens is 296 g/mol. The van der Waals surface area contributed by atoms with E-state index < -0.39 is 23.6 Å². The van der Waals surface area contributed by atoms with Crippen molar-refractivity contribution in [3.8, 4) is 22.9 Å². The van der Waals surface area contributed by atoms with E-state index in [1.165, 1.54) is 6.07 Å².